The van der Waals surface area contributed by atoms with Crippen LogP contribution < -0.4 is 14.8 Å². The zero-order valence-corrected chi connectivity index (χ0v) is 18.9. The fourth-order valence-electron chi connectivity index (χ4n) is 2.67. The van der Waals surface area contributed by atoms with Crippen molar-refractivity contribution in [3.63, 3.8) is 0 Å². The number of rotatable bonds is 9. The Morgan fingerprint density at radius 3 is 2.41 bits per heavy atom. The molecule has 0 saturated heterocycles. The van der Waals surface area contributed by atoms with Crippen molar-refractivity contribution in [2.24, 2.45) is 0 Å². The number of alkyl halides is 2. The van der Waals surface area contributed by atoms with Gasteiger partial charge in [-0.2, -0.15) is 8.78 Å². The fourth-order valence-corrected chi connectivity index (χ4v) is 3.25. The molecule has 2 aromatic carbocycles. The van der Waals surface area contributed by atoms with Gasteiger partial charge in [0.1, 0.15) is 0 Å². The second kappa shape index (κ2) is 11.7. The van der Waals surface area contributed by atoms with Crippen LogP contribution in [0, 0.1) is 0 Å². The highest BCUT2D eigenvalue weighted by Gasteiger charge is 2.20. The van der Waals surface area contributed by atoms with Crippen LogP contribution in [0.3, 0.4) is 0 Å². The van der Waals surface area contributed by atoms with E-state index in [1.54, 1.807) is 25.1 Å². The van der Waals surface area contributed by atoms with Gasteiger partial charge in [-0.15, -0.1) is 0 Å². The number of hydrogen-bond donors (Lipinski definition) is 1. The van der Waals surface area contributed by atoms with Gasteiger partial charge in [-0.3, -0.25) is 4.79 Å². The molecule has 0 aliphatic heterocycles. The molecule has 0 unspecified atom stereocenters. The average Bonchev–Trinajstić information content (AvgIpc) is 2.72. The molecule has 172 valence electrons. The van der Waals surface area contributed by atoms with E-state index >= 15 is 0 Å². The van der Waals surface area contributed by atoms with Crippen LogP contribution in [0.15, 0.2) is 42.5 Å². The van der Waals surface area contributed by atoms with Crippen LogP contribution in [0.25, 0.3) is 6.08 Å². The van der Waals surface area contributed by atoms with E-state index < -0.39 is 30.6 Å². The summed E-state index contributed by atoms with van der Waals surface area (Å²) in [4.78, 5) is 24.4. The number of halogens is 4. The summed E-state index contributed by atoms with van der Waals surface area (Å²) in [6.07, 6.45) is 1.42. The third kappa shape index (κ3) is 7.39. The van der Waals surface area contributed by atoms with Gasteiger partial charge in [0, 0.05) is 16.1 Å². The Morgan fingerprint density at radius 1 is 1.06 bits per heavy atom. The van der Waals surface area contributed by atoms with E-state index in [0.29, 0.717) is 21.2 Å². The largest absolute Gasteiger partial charge is 0.493 e. The number of hydrogen-bond acceptors (Lipinski definition) is 5. The molecule has 6 nitrogen and oxygen atoms in total. The van der Waals surface area contributed by atoms with Gasteiger partial charge in [0.15, 0.2) is 17.6 Å². The number of carbonyl (C=O) groups is 2. The minimum atomic E-state index is -2.99. The second-order valence-electron chi connectivity index (χ2n) is 6.60. The van der Waals surface area contributed by atoms with Crippen molar-refractivity contribution < 1.29 is 32.6 Å². The van der Waals surface area contributed by atoms with Gasteiger partial charge in [-0.25, -0.2) is 4.79 Å². The zero-order chi connectivity index (χ0) is 23.8. The van der Waals surface area contributed by atoms with Gasteiger partial charge in [-0.1, -0.05) is 35.3 Å². The summed E-state index contributed by atoms with van der Waals surface area (Å²) in [6.45, 7) is 0.166. The van der Waals surface area contributed by atoms with Crippen molar-refractivity contribution in [3.8, 4) is 11.5 Å². The standard InChI is InChI=1S/C22H21Cl2F2NO5/c1-12(16-7-6-15(23)11-17(16)24)27-21(29)13(2)31-20(28)9-5-14-4-8-18(32-22(25)26)19(10-14)30-3/h4-13,22H,1-3H3,(H,27,29)/b9-5+/t12-,13-/m0/s1. The van der Waals surface area contributed by atoms with Crippen LogP contribution in [-0.4, -0.2) is 31.7 Å². The van der Waals surface area contributed by atoms with Crippen LogP contribution in [0.5, 0.6) is 11.5 Å². The maximum atomic E-state index is 12.4. The summed E-state index contributed by atoms with van der Waals surface area (Å²) in [5.41, 5.74) is 1.14. The molecule has 0 saturated carbocycles. The SMILES string of the molecule is COc1cc(/C=C/C(=O)O[C@@H](C)C(=O)N[C@@H](C)c2ccc(Cl)cc2Cl)ccc1OC(F)F. The van der Waals surface area contributed by atoms with Crippen LogP contribution in [0.2, 0.25) is 10.0 Å². The molecule has 0 aromatic heterocycles. The normalized spacial score (nSPS) is 13.0. The Balaban J connectivity index is 1.95. The predicted octanol–water partition coefficient (Wildman–Crippen LogP) is 5.43. The molecule has 2 aromatic rings. The molecule has 0 heterocycles. The van der Waals surface area contributed by atoms with Crippen molar-refractivity contribution in [1.29, 1.82) is 0 Å². The Hall–Kier alpha value is -2.84. The summed E-state index contributed by atoms with van der Waals surface area (Å²) in [7, 11) is 1.30. The number of benzene rings is 2. The smallest absolute Gasteiger partial charge is 0.387 e. The molecule has 1 amide bonds. The summed E-state index contributed by atoms with van der Waals surface area (Å²) < 4.78 is 39.2. The van der Waals surface area contributed by atoms with Gasteiger partial charge < -0.3 is 19.5 Å². The first-order chi connectivity index (χ1) is 15.1. The van der Waals surface area contributed by atoms with Crippen molar-refractivity contribution >= 4 is 41.2 Å². The molecule has 0 spiro atoms. The summed E-state index contributed by atoms with van der Waals surface area (Å²) in [5.74, 6) is -1.34. The summed E-state index contributed by atoms with van der Waals surface area (Å²) in [5, 5.41) is 3.59. The first-order valence-corrected chi connectivity index (χ1v) is 10.1. The molecule has 0 aliphatic carbocycles. The van der Waals surface area contributed by atoms with Crippen LogP contribution in [-0.2, 0) is 14.3 Å². The highest BCUT2D eigenvalue weighted by molar-refractivity contribution is 6.35. The first-order valence-electron chi connectivity index (χ1n) is 9.37. The van der Waals surface area contributed by atoms with Gasteiger partial charge >= 0.3 is 12.6 Å². The maximum Gasteiger partial charge on any atom is 0.387 e. The fraction of sp³-hybridized carbons (Fsp3) is 0.273. The van der Waals surface area contributed by atoms with E-state index in [9.17, 15) is 18.4 Å². The van der Waals surface area contributed by atoms with Gasteiger partial charge in [0.2, 0.25) is 0 Å². The van der Waals surface area contributed by atoms with Crippen LogP contribution in [0.1, 0.15) is 31.0 Å². The number of nitrogens with one attached hydrogen (secondary N) is 1. The van der Waals surface area contributed by atoms with Crippen molar-refractivity contribution in [2.45, 2.75) is 32.6 Å². The van der Waals surface area contributed by atoms with Crippen LogP contribution in [0.4, 0.5) is 8.78 Å². The summed E-state index contributed by atoms with van der Waals surface area (Å²) in [6, 6.07) is 8.63. The van der Waals surface area contributed by atoms with E-state index in [-0.39, 0.29) is 11.5 Å². The second-order valence-corrected chi connectivity index (χ2v) is 7.44. The highest BCUT2D eigenvalue weighted by atomic mass is 35.5. The molecule has 32 heavy (non-hydrogen) atoms. The molecular formula is C22H21Cl2F2NO5. The lowest BCUT2D eigenvalue weighted by molar-refractivity contribution is -0.150. The molecule has 2 atom stereocenters. The molecule has 0 fully saturated rings. The lowest BCUT2D eigenvalue weighted by atomic mass is 10.1. The molecule has 1 N–H and O–H groups in total. The number of amides is 1. The van der Waals surface area contributed by atoms with Crippen LogP contribution >= 0.6 is 23.2 Å². The van der Waals surface area contributed by atoms with Gasteiger partial charge in [0.25, 0.3) is 5.91 Å². The quantitative estimate of drug-likeness (QED) is 0.377. The van der Waals surface area contributed by atoms with Gasteiger partial charge in [-0.05, 0) is 55.3 Å². The Morgan fingerprint density at radius 2 is 1.78 bits per heavy atom. The molecular weight excluding hydrogens is 467 g/mol. The van der Waals surface area contributed by atoms with E-state index in [4.69, 9.17) is 32.7 Å². The predicted molar refractivity (Wildman–Crippen MR) is 117 cm³/mol. The molecule has 2 rings (SSSR count). The average molecular weight is 488 g/mol. The van der Waals surface area contributed by atoms with E-state index in [1.807, 2.05) is 0 Å². The highest BCUT2D eigenvalue weighted by Crippen LogP contribution is 2.30. The first kappa shape index (κ1) is 25.4. The topological polar surface area (TPSA) is 73.9 Å². The van der Waals surface area contributed by atoms with E-state index in [1.165, 1.54) is 38.3 Å². The molecule has 0 aliphatic rings. The number of ether oxygens (including phenoxy) is 3. The number of esters is 1. The summed E-state index contributed by atoms with van der Waals surface area (Å²) >= 11 is 12.0. The molecule has 0 bridgehead atoms. The third-order valence-electron chi connectivity index (χ3n) is 4.27. The monoisotopic (exact) mass is 487 g/mol. The Labute approximate surface area is 194 Å². The zero-order valence-electron chi connectivity index (χ0n) is 17.4. The Bertz CT molecular complexity index is 1000. The molecule has 0 radical (unpaired) electrons. The Kier molecular flexibility index (Phi) is 9.28. The minimum Gasteiger partial charge on any atom is -0.493 e. The number of methoxy groups -OCH3 is 1. The van der Waals surface area contributed by atoms with Crippen molar-refractivity contribution in [1.82, 2.24) is 5.32 Å². The minimum absolute atomic E-state index is 0.0726. The third-order valence-corrected chi connectivity index (χ3v) is 4.83. The lowest BCUT2D eigenvalue weighted by Crippen LogP contribution is -2.37. The molecule has 10 heteroatoms. The number of carbonyl (C=O) groups excluding carboxylic acids is 2. The van der Waals surface area contributed by atoms with Crippen molar-refractivity contribution in [2.75, 3.05) is 7.11 Å². The van der Waals surface area contributed by atoms with E-state index in [0.717, 1.165) is 6.08 Å². The maximum absolute atomic E-state index is 12.4. The lowest BCUT2D eigenvalue weighted by Gasteiger charge is -2.19. The van der Waals surface area contributed by atoms with Crippen molar-refractivity contribution in [3.05, 3.63) is 63.6 Å². The van der Waals surface area contributed by atoms with Gasteiger partial charge in [0.05, 0.1) is 13.2 Å². The van der Waals surface area contributed by atoms with E-state index in [2.05, 4.69) is 10.1 Å².